The minimum Gasteiger partial charge on any atom is -0.330 e. The van der Waals surface area contributed by atoms with E-state index in [9.17, 15) is 9.59 Å². The van der Waals surface area contributed by atoms with Crippen LogP contribution in [0.1, 0.15) is 51.5 Å². The molecule has 0 saturated heterocycles. The third kappa shape index (κ3) is 3.00. The Morgan fingerprint density at radius 2 is 1.77 bits per heavy atom. The van der Waals surface area contributed by atoms with Gasteiger partial charge in [0.05, 0.1) is 12.0 Å². The molecular weight excluding hydrogens is 372 g/mol. The molecule has 0 fully saturated rings. The maximum absolute atomic E-state index is 13.7. The summed E-state index contributed by atoms with van der Waals surface area (Å²) in [4.78, 5) is 28.8. The highest BCUT2D eigenvalue weighted by Gasteiger charge is 2.46. The van der Waals surface area contributed by atoms with E-state index in [0.29, 0.717) is 12.1 Å². The zero-order valence-corrected chi connectivity index (χ0v) is 17.0. The first-order valence-corrected chi connectivity index (χ1v) is 10.5. The van der Waals surface area contributed by atoms with Crippen LogP contribution in [-0.4, -0.2) is 23.3 Å². The van der Waals surface area contributed by atoms with Crippen LogP contribution in [0.2, 0.25) is 0 Å². The fourth-order valence-corrected chi connectivity index (χ4v) is 4.85. The Morgan fingerprint density at radius 3 is 2.60 bits per heavy atom. The van der Waals surface area contributed by atoms with E-state index in [4.69, 9.17) is 0 Å². The molecule has 2 aliphatic heterocycles. The molecule has 30 heavy (non-hydrogen) atoms. The summed E-state index contributed by atoms with van der Waals surface area (Å²) in [5, 5.41) is 3.13. The van der Waals surface area contributed by atoms with E-state index in [1.165, 1.54) is 11.1 Å². The Labute approximate surface area is 176 Å². The first-order valence-electron chi connectivity index (χ1n) is 10.5. The van der Waals surface area contributed by atoms with Crippen molar-refractivity contribution in [3.8, 4) is 0 Å². The highest BCUT2D eigenvalue weighted by Crippen LogP contribution is 2.46. The van der Waals surface area contributed by atoms with Crippen molar-refractivity contribution in [1.29, 1.82) is 0 Å². The van der Waals surface area contributed by atoms with Crippen LogP contribution in [0.5, 0.6) is 0 Å². The van der Waals surface area contributed by atoms with Crippen molar-refractivity contribution in [2.45, 2.75) is 31.7 Å². The molecule has 3 aromatic rings. The van der Waals surface area contributed by atoms with Gasteiger partial charge < -0.3 is 10.2 Å². The molecule has 1 N–H and O–H groups in total. The third-order valence-corrected chi connectivity index (χ3v) is 6.32. The number of nitrogens with zero attached hydrogens (tertiary/aromatic N) is 1. The number of fused-ring (bicyclic) bond motifs is 4. The van der Waals surface area contributed by atoms with Gasteiger partial charge in [-0.3, -0.25) is 9.59 Å². The van der Waals surface area contributed by atoms with E-state index < -0.39 is 5.92 Å². The van der Waals surface area contributed by atoms with Crippen LogP contribution < -0.4 is 5.32 Å². The van der Waals surface area contributed by atoms with Crippen molar-refractivity contribution in [1.82, 2.24) is 4.90 Å². The Balaban J connectivity index is 1.61. The van der Waals surface area contributed by atoms with Crippen LogP contribution in [0.3, 0.4) is 0 Å². The standard InChI is InChI=1S/C26H24N2O2/c1-2-17-8-7-10-19(16-17)27-25(29)23-21-12-5-6-13-22(21)26(30)28-15-14-18-9-3-4-11-20(18)24(23)28/h3-13,16,23-24H,2,14-15H2,1H3,(H,27,29)/t23-,24-/m1/s1. The smallest absolute Gasteiger partial charge is 0.254 e. The molecule has 0 saturated carbocycles. The van der Waals surface area contributed by atoms with Crippen LogP contribution in [0, 0.1) is 0 Å². The summed E-state index contributed by atoms with van der Waals surface area (Å²) in [6.07, 6.45) is 1.72. The monoisotopic (exact) mass is 396 g/mol. The van der Waals surface area contributed by atoms with Crippen LogP contribution in [0.4, 0.5) is 5.69 Å². The lowest BCUT2D eigenvalue weighted by atomic mass is 9.76. The first-order chi connectivity index (χ1) is 14.7. The SMILES string of the molecule is CCc1cccc(NC(=O)[C@@H]2c3ccccc3C(=O)N3CCc4ccccc4[C@H]23)c1. The predicted molar refractivity (Wildman–Crippen MR) is 118 cm³/mol. The molecule has 2 atom stereocenters. The minimum absolute atomic E-state index is 0.0159. The Kier molecular flexibility index (Phi) is 4.62. The van der Waals surface area contributed by atoms with E-state index in [-0.39, 0.29) is 17.9 Å². The number of carbonyl (C=O) groups is 2. The molecule has 2 amide bonds. The van der Waals surface area contributed by atoms with E-state index in [2.05, 4.69) is 30.4 Å². The number of hydrogen-bond donors (Lipinski definition) is 1. The molecule has 4 nitrogen and oxygen atoms in total. The molecule has 0 aliphatic carbocycles. The van der Waals surface area contributed by atoms with Gasteiger partial charge in [-0.05, 0) is 53.3 Å². The first kappa shape index (κ1) is 18.6. The predicted octanol–water partition coefficient (Wildman–Crippen LogP) is 4.72. The van der Waals surface area contributed by atoms with Crippen LogP contribution >= 0.6 is 0 Å². The van der Waals surface area contributed by atoms with Gasteiger partial charge in [0.1, 0.15) is 0 Å². The minimum atomic E-state index is -0.453. The highest BCUT2D eigenvalue weighted by molar-refractivity contribution is 6.04. The van der Waals surface area contributed by atoms with Crippen molar-refractivity contribution in [2.24, 2.45) is 0 Å². The molecule has 4 heteroatoms. The molecule has 5 rings (SSSR count). The fraction of sp³-hybridized carbons (Fsp3) is 0.231. The topological polar surface area (TPSA) is 49.4 Å². The summed E-state index contributed by atoms with van der Waals surface area (Å²) < 4.78 is 0. The molecule has 2 aliphatic rings. The second-order valence-electron chi connectivity index (χ2n) is 8.00. The summed E-state index contributed by atoms with van der Waals surface area (Å²) in [6.45, 7) is 2.73. The molecule has 2 heterocycles. The molecular formula is C26H24N2O2. The van der Waals surface area contributed by atoms with Crippen molar-refractivity contribution < 1.29 is 9.59 Å². The number of amides is 2. The van der Waals surface area contributed by atoms with Gasteiger partial charge in [0.2, 0.25) is 5.91 Å². The molecule has 0 unspecified atom stereocenters. The second-order valence-corrected chi connectivity index (χ2v) is 8.00. The van der Waals surface area contributed by atoms with Crippen LogP contribution in [0.25, 0.3) is 0 Å². The number of nitrogens with one attached hydrogen (secondary N) is 1. The normalized spacial score (nSPS) is 19.5. The fourth-order valence-electron chi connectivity index (χ4n) is 4.85. The van der Waals surface area contributed by atoms with Gasteiger partial charge in [-0.25, -0.2) is 0 Å². The number of benzene rings is 3. The largest absolute Gasteiger partial charge is 0.330 e. The average molecular weight is 396 g/mol. The maximum atomic E-state index is 13.7. The second kappa shape index (κ2) is 7.45. The summed E-state index contributed by atoms with van der Waals surface area (Å²) >= 11 is 0. The lowest BCUT2D eigenvalue weighted by Crippen LogP contribution is -2.49. The van der Waals surface area contributed by atoms with Gasteiger partial charge in [-0.1, -0.05) is 61.5 Å². The molecule has 0 radical (unpaired) electrons. The lowest BCUT2D eigenvalue weighted by molar-refractivity contribution is -0.119. The zero-order valence-electron chi connectivity index (χ0n) is 17.0. The quantitative estimate of drug-likeness (QED) is 0.696. The summed E-state index contributed by atoms with van der Waals surface area (Å²) in [6, 6.07) is 23.4. The van der Waals surface area contributed by atoms with E-state index in [0.717, 1.165) is 29.7 Å². The zero-order chi connectivity index (χ0) is 20.7. The van der Waals surface area contributed by atoms with Crippen molar-refractivity contribution in [3.05, 3.63) is 101 Å². The lowest BCUT2D eigenvalue weighted by Gasteiger charge is -2.45. The van der Waals surface area contributed by atoms with Gasteiger partial charge in [0, 0.05) is 17.8 Å². The molecule has 3 aromatic carbocycles. The summed E-state index contributed by atoms with van der Waals surface area (Å²) in [7, 11) is 0. The highest BCUT2D eigenvalue weighted by atomic mass is 16.2. The van der Waals surface area contributed by atoms with Crippen molar-refractivity contribution in [2.75, 3.05) is 11.9 Å². The molecule has 150 valence electrons. The third-order valence-electron chi connectivity index (χ3n) is 6.32. The van der Waals surface area contributed by atoms with Crippen LogP contribution in [-0.2, 0) is 17.6 Å². The van der Waals surface area contributed by atoms with Gasteiger partial charge >= 0.3 is 0 Å². The summed E-state index contributed by atoms with van der Waals surface area (Å²) in [5.74, 6) is -0.511. The molecule has 0 bridgehead atoms. The Morgan fingerprint density at radius 1 is 1.00 bits per heavy atom. The number of rotatable bonds is 3. The van der Waals surface area contributed by atoms with Gasteiger partial charge in [-0.2, -0.15) is 0 Å². The van der Waals surface area contributed by atoms with Crippen LogP contribution in [0.15, 0.2) is 72.8 Å². The van der Waals surface area contributed by atoms with E-state index >= 15 is 0 Å². The summed E-state index contributed by atoms with van der Waals surface area (Å²) in [5.41, 5.74) is 5.71. The van der Waals surface area contributed by atoms with E-state index in [1.807, 2.05) is 59.5 Å². The van der Waals surface area contributed by atoms with Gasteiger partial charge in [0.15, 0.2) is 0 Å². The van der Waals surface area contributed by atoms with E-state index in [1.54, 1.807) is 0 Å². The number of carbonyl (C=O) groups excluding carboxylic acids is 2. The van der Waals surface area contributed by atoms with Crippen molar-refractivity contribution in [3.63, 3.8) is 0 Å². The van der Waals surface area contributed by atoms with Gasteiger partial charge in [0.25, 0.3) is 5.91 Å². The Bertz CT molecular complexity index is 1140. The number of hydrogen-bond acceptors (Lipinski definition) is 2. The van der Waals surface area contributed by atoms with Gasteiger partial charge in [-0.15, -0.1) is 0 Å². The molecule has 0 spiro atoms. The Hall–Kier alpha value is -3.40. The number of aryl methyl sites for hydroxylation is 1. The molecule has 0 aromatic heterocycles. The van der Waals surface area contributed by atoms with Crippen molar-refractivity contribution >= 4 is 17.5 Å². The average Bonchev–Trinajstić information content (AvgIpc) is 2.79. The number of anilines is 1. The maximum Gasteiger partial charge on any atom is 0.254 e.